The quantitative estimate of drug-likeness (QED) is 0.129. The Morgan fingerprint density at radius 3 is 2.30 bits per heavy atom. The Hall–Kier alpha value is -4.47. The van der Waals surface area contributed by atoms with Crippen LogP contribution in [0.5, 0.6) is 11.5 Å². The summed E-state index contributed by atoms with van der Waals surface area (Å²) in [7, 11) is 0. The van der Waals surface area contributed by atoms with Gasteiger partial charge in [0.2, 0.25) is 0 Å². The molecule has 256 valence electrons. The molecule has 0 spiro atoms. The molecule has 7 rings (SSSR count). The molecule has 0 atom stereocenters. The smallest absolute Gasteiger partial charge is 0.509 e. The van der Waals surface area contributed by atoms with Gasteiger partial charge in [-0.05, 0) is 91.4 Å². The molecule has 6 heteroatoms. The Morgan fingerprint density at radius 1 is 0.760 bits per heavy atom. The molecule has 0 radical (unpaired) electrons. The number of aryl methyl sites for hydroxylation is 3. The molecule has 0 amide bonds. The van der Waals surface area contributed by atoms with Crippen LogP contribution < -0.4 is 4.74 Å². The zero-order valence-corrected chi connectivity index (χ0v) is 32.2. The molecule has 3 aromatic heterocycles. The van der Waals surface area contributed by atoms with Crippen LogP contribution in [0.25, 0.3) is 44.4 Å². The first-order chi connectivity index (χ1) is 23.6. The molecule has 7 aromatic rings. The predicted molar refractivity (Wildman–Crippen MR) is 201 cm³/mol. The van der Waals surface area contributed by atoms with E-state index in [9.17, 15) is 0 Å². The third kappa shape index (κ3) is 7.21. The molecule has 0 N–H and O–H groups in total. The van der Waals surface area contributed by atoms with E-state index in [0.29, 0.717) is 23.3 Å². The van der Waals surface area contributed by atoms with Crippen LogP contribution in [-0.4, -0.2) is 19.3 Å². The van der Waals surface area contributed by atoms with Crippen molar-refractivity contribution < 1.29 is 25.8 Å². The molecule has 0 saturated heterocycles. The number of aromatic nitrogens is 4. The number of hydrogen-bond acceptors (Lipinski definition) is 3. The van der Waals surface area contributed by atoms with E-state index in [1.165, 1.54) is 16.5 Å². The third-order valence-electron chi connectivity index (χ3n) is 9.19. The van der Waals surface area contributed by atoms with Crippen LogP contribution in [0, 0.1) is 44.7 Å². The van der Waals surface area contributed by atoms with Gasteiger partial charge in [-0.25, -0.2) is 4.98 Å². The molecule has 0 unspecified atom stereocenters. The van der Waals surface area contributed by atoms with Gasteiger partial charge < -0.3 is 9.30 Å². The summed E-state index contributed by atoms with van der Waals surface area (Å²) in [6.45, 7) is 15.4. The van der Waals surface area contributed by atoms with Crippen molar-refractivity contribution in [3.8, 4) is 34.1 Å². The second kappa shape index (κ2) is 14.8. The van der Waals surface area contributed by atoms with E-state index in [0.717, 1.165) is 75.3 Å². The number of fused-ring (bicyclic) bond motifs is 3. The standard InChI is InChI=1S/C44H44N4O.Pt/c1-28(2)13-14-34-23-36(48-32(7)44(31(6)46-48)35-11-9-8-10-12-35)26-38(24-34)49-37-16-17-39-40-25-33(21-29(3)4)15-18-41(40)47(42(39)27-37)43-22-30(5)19-20-45-43;/h8-12,15-20,22-25,28-29H,13-14,21H2,1-7H3;/q-2;+2. The summed E-state index contributed by atoms with van der Waals surface area (Å²) in [6, 6.07) is 37.1. The number of benzene rings is 4. The van der Waals surface area contributed by atoms with Gasteiger partial charge in [0.25, 0.3) is 0 Å². The maximum absolute atomic E-state index is 6.66. The predicted octanol–water partition coefficient (Wildman–Crippen LogP) is 11.1. The second-order valence-electron chi connectivity index (χ2n) is 14.2. The molecular weight excluding hydrogens is 796 g/mol. The Balaban J connectivity index is 0.00000432. The minimum atomic E-state index is 0. The van der Waals surface area contributed by atoms with Crippen molar-refractivity contribution in [2.45, 2.75) is 67.7 Å². The minimum Gasteiger partial charge on any atom is -0.509 e. The average molecular weight is 840 g/mol. The van der Waals surface area contributed by atoms with Gasteiger partial charge in [0, 0.05) is 34.5 Å². The van der Waals surface area contributed by atoms with Gasteiger partial charge in [-0.1, -0.05) is 82.1 Å². The number of pyridine rings is 1. The number of rotatable bonds is 10. The summed E-state index contributed by atoms with van der Waals surface area (Å²) < 4.78 is 10.9. The first-order valence-corrected chi connectivity index (χ1v) is 17.4. The minimum absolute atomic E-state index is 0. The third-order valence-corrected chi connectivity index (χ3v) is 9.19. The van der Waals surface area contributed by atoms with Crippen LogP contribution in [-0.2, 0) is 33.9 Å². The Morgan fingerprint density at radius 2 is 1.56 bits per heavy atom. The van der Waals surface area contributed by atoms with Crippen LogP contribution in [0.4, 0.5) is 0 Å². The molecule has 4 aromatic carbocycles. The zero-order valence-electron chi connectivity index (χ0n) is 29.9. The van der Waals surface area contributed by atoms with Crippen molar-refractivity contribution in [3.63, 3.8) is 0 Å². The molecule has 3 heterocycles. The van der Waals surface area contributed by atoms with E-state index in [4.69, 9.17) is 14.8 Å². The van der Waals surface area contributed by atoms with E-state index in [1.807, 2.05) is 29.1 Å². The van der Waals surface area contributed by atoms with E-state index >= 15 is 0 Å². The number of nitrogens with zero attached hydrogens (tertiary/aromatic N) is 4. The van der Waals surface area contributed by atoms with Crippen LogP contribution >= 0.6 is 0 Å². The van der Waals surface area contributed by atoms with Gasteiger partial charge in [-0.3, -0.25) is 4.68 Å². The largest absolute Gasteiger partial charge is 2.00 e. The molecule has 0 aliphatic heterocycles. The fourth-order valence-electron chi connectivity index (χ4n) is 6.88. The van der Waals surface area contributed by atoms with Crippen LogP contribution in [0.15, 0.2) is 91.1 Å². The Kier molecular flexibility index (Phi) is 10.5. The molecule has 50 heavy (non-hydrogen) atoms. The summed E-state index contributed by atoms with van der Waals surface area (Å²) >= 11 is 0. The van der Waals surface area contributed by atoms with E-state index in [2.05, 4.69) is 132 Å². The summed E-state index contributed by atoms with van der Waals surface area (Å²) in [4.78, 5) is 4.78. The van der Waals surface area contributed by atoms with Crippen molar-refractivity contribution in [3.05, 3.63) is 131 Å². The Bertz CT molecular complexity index is 2280. The van der Waals surface area contributed by atoms with Gasteiger partial charge in [0.05, 0.1) is 5.69 Å². The first-order valence-electron chi connectivity index (χ1n) is 17.4. The molecular formula is C44H44N4OPt. The van der Waals surface area contributed by atoms with Crippen LogP contribution in [0.2, 0.25) is 0 Å². The van der Waals surface area contributed by atoms with Gasteiger partial charge in [-0.15, -0.1) is 35.7 Å². The van der Waals surface area contributed by atoms with Crippen LogP contribution in [0.1, 0.15) is 62.2 Å². The van der Waals surface area contributed by atoms with E-state index in [1.54, 1.807) is 0 Å². The van der Waals surface area contributed by atoms with Crippen molar-refractivity contribution in [1.82, 2.24) is 19.3 Å². The van der Waals surface area contributed by atoms with Crippen molar-refractivity contribution in [2.75, 3.05) is 0 Å². The first kappa shape index (κ1) is 35.4. The maximum atomic E-state index is 6.66. The summed E-state index contributed by atoms with van der Waals surface area (Å²) in [5, 5.41) is 7.32. The fourth-order valence-corrected chi connectivity index (χ4v) is 6.88. The molecule has 0 bridgehead atoms. The number of hydrogen-bond donors (Lipinski definition) is 0. The summed E-state index contributed by atoms with van der Waals surface area (Å²) in [6.07, 6.45) is 4.92. The van der Waals surface area contributed by atoms with E-state index < -0.39 is 0 Å². The molecule has 5 nitrogen and oxygen atoms in total. The Labute approximate surface area is 310 Å². The molecule has 0 aliphatic rings. The molecule has 0 saturated carbocycles. The maximum Gasteiger partial charge on any atom is 2.00 e. The fraction of sp³-hybridized carbons (Fsp3) is 0.273. The van der Waals surface area contributed by atoms with E-state index in [-0.39, 0.29) is 21.1 Å². The second-order valence-corrected chi connectivity index (χ2v) is 14.2. The van der Waals surface area contributed by atoms with Gasteiger partial charge in [0.15, 0.2) is 0 Å². The topological polar surface area (TPSA) is 44.9 Å². The summed E-state index contributed by atoms with van der Waals surface area (Å²) in [5.74, 6) is 3.31. The van der Waals surface area contributed by atoms with Gasteiger partial charge in [-0.2, -0.15) is 16.7 Å². The molecule has 0 aliphatic carbocycles. The van der Waals surface area contributed by atoms with Crippen molar-refractivity contribution in [1.29, 1.82) is 0 Å². The van der Waals surface area contributed by atoms with Gasteiger partial charge in [0.1, 0.15) is 5.82 Å². The zero-order chi connectivity index (χ0) is 34.2. The SMILES string of the molecule is Cc1ccnc(-n2c3[c-]c(Oc4[c-]c(-n5nc(C)c(-c6ccccc6)c5C)cc(CCC(C)C)c4)ccc3c3cc(CC(C)C)ccc32)c1.[Pt+2]. The van der Waals surface area contributed by atoms with Crippen LogP contribution in [0.3, 0.4) is 0 Å². The monoisotopic (exact) mass is 839 g/mol. The normalized spacial score (nSPS) is 11.5. The number of ether oxygens (including phenoxy) is 1. The summed E-state index contributed by atoms with van der Waals surface area (Å²) in [5.41, 5.74) is 11.0. The van der Waals surface area contributed by atoms with Crippen molar-refractivity contribution in [2.24, 2.45) is 11.8 Å². The van der Waals surface area contributed by atoms with Crippen molar-refractivity contribution >= 4 is 21.8 Å². The van der Waals surface area contributed by atoms with Gasteiger partial charge >= 0.3 is 21.1 Å². The molecule has 0 fully saturated rings. The average Bonchev–Trinajstić information content (AvgIpc) is 3.55.